The number of nitrogens with zero attached hydrogens (tertiary/aromatic N) is 4. The molecule has 178 valence electrons. The highest BCUT2D eigenvalue weighted by atomic mass is 16.2. The Labute approximate surface area is 201 Å². The number of likely N-dealkylation sites (tertiary alicyclic amines) is 1. The number of nitrogens with two attached hydrogens (primary N) is 1. The molecule has 3 aliphatic rings. The molecule has 2 N–H and O–H groups in total. The van der Waals surface area contributed by atoms with Crippen LogP contribution in [0.15, 0.2) is 36.5 Å². The Hall–Kier alpha value is -2.86. The Morgan fingerprint density at radius 2 is 2.00 bits per heavy atom. The first-order valence-electron chi connectivity index (χ1n) is 12.5. The van der Waals surface area contributed by atoms with Crippen molar-refractivity contribution in [1.29, 1.82) is 0 Å². The number of carbonyl (C=O) groups is 1. The zero-order valence-electron chi connectivity index (χ0n) is 20.8. The van der Waals surface area contributed by atoms with Crippen molar-refractivity contribution in [3.63, 3.8) is 0 Å². The molecular weight excluding hydrogens is 422 g/mol. The molecule has 1 saturated heterocycles. The van der Waals surface area contributed by atoms with Crippen molar-refractivity contribution in [1.82, 2.24) is 14.3 Å². The van der Waals surface area contributed by atoms with Gasteiger partial charge < -0.3 is 15.0 Å². The van der Waals surface area contributed by atoms with Gasteiger partial charge in [-0.25, -0.2) is 4.98 Å². The molecule has 2 unspecified atom stereocenters. The van der Waals surface area contributed by atoms with Gasteiger partial charge in [0.25, 0.3) is 0 Å². The van der Waals surface area contributed by atoms with Crippen LogP contribution in [0.4, 0.5) is 11.4 Å². The summed E-state index contributed by atoms with van der Waals surface area (Å²) in [4.78, 5) is 21.7. The van der Waals surface area contributed by atoms with Gasteiger partial charge in [0.15, 0.2) is 0 Å². The highest BCUT2D eigenvalue weighted by molar-refractivity contribution is 5.94. The standard InChI is InChI=1S/C28H35N5O/c1-18(34)32-10-9-19-11-20(5-7-23(19)32)26-24(33-14-21(29)6-8-25(33)30-26)15-31-17-28(4)13-22(31)12-27(2,3)16-28/h5-8,11,14,22H,9-10,12-13,15-17,29H2,1-4H3. The molecule has 2 aromatic heterocycles. The predicted octanol–water partition coefficient (Wildman–Crippen LogP) is 4.89. The second-order valence-electron chi connectivity index (χ2n) is 12.0. The number of imidazole rings is 1. The van der Waals surface area contributed by atoms with Crippen LogP contribution in [0.3, 0.4) is 0 Å². The van der Waals surface area contributed by atoms with Crippen molar-refractivity contribution in [3.8, 4) is 11.3 Å². The van der Waals surface area contributed by atoms with E-state index in [1.807, 2.05) is 23.2 Å². The topological polar surface area (TPSA) is 66.9 Å². The third kappa shape index (κ3) is 3.50. The lowest BCUT2D eigenvalue weighted by molar-refractivity contribution is -0.116. The monoisotopic (exact) mass is 457 g/mol. The molecule has 6 nitrogen and oxygen atoms in total. The number of hydrogen-bond acceptors (Lipinski definition) is 4. The molecule has 2 fully saturated rings. The fourth-order valence-corrected chi connectivity index (χ4v) is 7.32. The molecule has 0 radical (unpaired) electrons. The summed E-state index contributed by atoms with van der Waals surface area (Å²) in [6, 6.07) is 11.0. The van der Waals surface area contributed by atoms with Crippen LogP contribution >= 0.6 is 0 Å². The van der Waals surface area contributed by atoms with Crippen molar-refractivity contribution in [2.45, 2.75) is 66.0 Å². The molecule has 3 aromatic rings. The van der Waals surface area contributed by atoms with Crippen LogP contribution < -0.4 is 10.6 Å². The maximum absolute atomic E-state index is 12.0. The Kier molecular flexibility index (Phi) is 4.66. The summed E-state index contributed by atoms with van der Waals surface area (Å²) in [5.41, 5.74) is 14.3. The minimum atomic E-state index is 0.104. The third-order valence-corrected chi connectivity index (χ3v) is 8.24. The maximum atomic E-state index is 12.0. The fraction of sp³-hybridized carbons (Fsp3) is 0.500. The lowest BCUT2D eigenvalue weighted by Gasteiger charge is -2.40. The molecule has 2 bridgehead atoms. The summed E-state index contributed by atoms with van der Waals surface area (Å²) in [5, 5.41) is 0. The molecule has 6 rings (SSSR count). The van der Waals surface area contributed by atoms with Crippen LogP contribution in [-0.2, 0) is 17.8 Å². The van der Waals surface area contributed by atoms with Crippen LogP contribution in [-0.4, -0.2) is 39.3 Å². The minimum Gasteiger partial charge on any atom is -0.398 e. The summed E-state index contributed by atoms with van der Waals surface area (Å²) in [5.74, 6) is 0.104. The Bertz CT molecular complexity index is 1310. The van der Waals surface area contributed by atoms with Gasteiger partial charge in [0.2, 0.25) is 5.91 Å². The average molecular weight is 458 g/mol. The van der Waals surface area contributed by atoms with Crippen LogP contribution in [0.25, 0.3) is 16.9 Å². The van der Waals surface area contributed by atoms with E-state index in [2.05, 4.69) is 48.3 Å². The fourth-order valence-electron chi connectivity index (χ4n) is 7.32. The van der Waals surface area contributed by atoms with E-state index in [1.54, 1.807) is 6.92 Å². The lowest BCUT2D eigenvalue weighted by atomic mass is 9.65. The molecule has 0 spiro atoms. The van der Waals surface area contributed by atoms with Gasteiger partial charge in [0, 0.05) is 55.7 Å². The van der Waals surface area contributed by atoms with Gasteiger partial charge in [-0.3, -0.25) is 9.69 Å². The quantitative estimate of drug-likeness (QED) is 0.608. The average Bonchev–Trinajstić information content (AvgIpc) is 3.39. The third-order valence-electron chi connectivity index (χ3n) is 8.24. The van der Waals surface area contributed by atoms with Gasteiger partial charge in [-0.1, -0.05) is 26.8 Å². The maximum Gasteiger partial charge on any atom is 0.223 e. The zero-order valence-corrected chi connectivity index (χ0v) is 20.8. The minimum absolute atomic E-state index is 0.104. The largest absolute Gasteiger partial charge is 0.398 e. The van der Waals surface area contributed by atoms with Crippen LogP contribution in [0.1, 0.15) is 58.2 Å². The number of carbonyl (C=O) groups excluding carboxylic acids is 1. The second kappa shape index (κ2) is 7.32. The van der Waals surface area contributed by atoms with E-state index in [-0.39, 0.29) is 5.91 Å². The molecule has 1 amide bonds. The summed E-state index contributed by atoms with van der Waals surface area (Å²) in [6.07, 6.45) is 6.72. The van der Waals surface area contributed by atoms with E-state index in [9.17, 15) is 4.79 Å². The Balaban J connectivity index is 1.42. The number of aromatic nitrogens is 2. The van der Waals surface area contributed by atoms with E-state index in [4.69, 9.17) is 10.7 Å². The molecule has 34 heavy (non-hydrogen) atoms. The number of rotatable bonds is 3. The van der Waals surface area contributed by atoms with Crippen LogP contribution in [0, 0.1) is 10.8 Å². The smallest absolute Gasteiger partial charge is 0.223 e. The molecule has 4 heterocycles. The van der Waals surface area contributed by atoms with Gasteiger partial charge in [0.05, 0.1) is 11.4 Å². The molecule has 6 heteroatoms. The van der Waals surface area contributed by atoms with Crippen molar-refractivity contribution < 1.29 is 4.79 Å². The number of hydrogen-bond donors (Lipinski definition) is 1. The normalized spacial score (nSPS) is 25.8. The zero-order chi connectivity index (χ0) is 23.8. The van der Waals surface area contributed by atoms with E-state index < -0.39 is 0 Å². The van der Waals surface area contributed by atoms with Crippen molar-refractivity contribution >= 4 is 22.9 Å². The molecular formula is C28H35N5O. The first-order chi connectivity index (χ1) is 16.1. The lowest BCUT2D eigenvalue weighted by Crippen LogP contribution is -2.34. The summed E-state index contributed by atoms with van der Waals surface area (Å²) in [7, 11) is 0. The number of nitrogen functional groups attached to an aromatic ring is 1. The van der Waals surface area contributed by atoms with Crippen molar-refractivity contribution in [3.05, 3.63) is 47.8 Å². The van der Waals surface area contributed by atoms with E-state index >= 15 is 0 Å². The summed E-state index contributed by atoms with van der Waals surface area (Å²) >= 11 is 0. The number of benzene rings is 1. The molecule has 1 saturated carbocycles. The highest BCUT2D eigenvalue weighted by Crippen LogP contribution is 2.53. The van der Waals surface area contributed by atoms with Crippen molar-refractivity contribution in [2.75, 3.05) is 23.7 Å². The number of amides is 1. The molecule has 1 aromatic carbocycles. The Morgan fingerprint density at radius 1 is 1.18 bits per heavy atom. The number of pyridine rings is 1. The van der Waals surface area contributed by atoms with Gasteiger partial charge in [0.1, 0.15) is 5.65 Å². The molecule has 2 atom stereocenters. The van der Waals surface area contributed by atoms with Gasteiger partial charge >= 0.3 is 0 Å². The summed E-state index contributed by atoms with van der Waals surface area (Å²) in [6.45, 7) is 11.7. The number of anilines is 2. The number of fused-ring (bicyclic) bond motifs is 4. The van der Waals surface area contributed by atoms with E-state index in [0.29, 0.717) is 16.9 Å². The summed E-state index contributed by atoms with van der Waals surface area (Å²) < 4.78 is 2.19. The van der Waals surface area contributed by atoms with E-state index in [1.165, 1.54) is 30.5 Å². The van der Waals surface area contributed by atoms with Crippen molar-refractivity contribution in [2.24, 2.45) is 10.8 Å². The van der Waals surface area contributed by atoms with Gasteiger partial charge in [-0.2, -0.15) is 0 Å². The first-order valence-corrected chi connectivity index (χ1v) is 12.5. The van der Waals surface area contributed by atoms with E-state index in [0.717, 1.165) is 54.3 Å². The Morgan fingerprint density at radius 3 is 2.79 bits per heavy atom. The molecule has 1 aliphatic carbocycles. The highest BCUT2D eigenvalue weighted by Gasteiger charge is 2.49. The van der Waals surface area contributed by atoms with Crippen LogP contribution in [0.5, 0.6) is 0 Å². The van der Waals surface area contributed by atoms with Crippen LogP contribution in [0.2, 0.25) is 0 Å². The second-order valence-corrected chi connectivity index (χ2v) is 12.0. The van der Waals surface area contributed by atoms with Gasteiger partial charge in [-0.15, -0.1) is 0 Å². The van der Waals surface area contributed by atoms with Gasteiger partial charge in [-0.05, 0) is 66.3 Å². The first kappa shape index (κ1) is 21.7. The molecule has 2 aliphatic heterocycles. The SMILES string of the molecule is CC(=O)N1CCc2cc(-c3nc4ccc(N)cn4c3CN3CC4(C)CC3CC(C)(C)C4)ccc21. The predicted molar refractivity (Wildman–Crippen MR) is 137 cm³/mol.